The van der Waals surface area contributed by atoms with Crippen molar-refractivity contribution in [3.8, 4) is 5.75 Å². The summed E-state index contributed by atoms with van der Waals surface area (Å²) in [6.07, 6.45) is 2.21. The topological polar surface area (TPSA) is 54.9 Å². The molecule has 0 aliphatic rings. The molecule has 0 saturated heterocycles. The smallest absolute Gasteiger partial charge is 0.190 e. The number of hydrogen-bond acceptors (Lipinski definition) is 3. The first-order chi connectivity index (χ1) is 11.6. The SMILES string of the molecule is CCOC(CCNC(=NC)NCCc1ccc(OC)cc1)C(C)C.I. The van der Waals surface area contributed by atoms with E-state index in [0.717, 1.165) is 44.2 Å². The van der Waals surface area contributed by atoms with Gasteiger partial charge in [-0.15, -0.1) is 24.0 Å². The summed E-state index contributed by atoms with van der Waals surface area (Å²) in [5.74, 6) is 2.25. The van der Waals surface area contributed by atoms with E-state index in [1.807, 2.05) is 19.1 Å². The second kappa shape index (κ2) is 14.2. The van der Waals surface area contributed by atoms with Gasteiger partial charge in [-0.05, 0) is 43.4 Å². The summed E-state index contributed by atoms with van der Waals surface area (Å²) in [6, 6.07) is 8.16. The number of methoxy groups -OCH3 is 1. The zero-order chi connectivity index (χ0) is 17.8. The number of aliphatic imine (C=N–C) groups is 1. The molecule has 0 heterocycles. The van der Waals surface area contributed by atoms with Crippen LogP contribution in [0.1, 0.15) is 32.8 Å². The van der Waals surface area contributed by atoms with Crippen molar-refractivity contribution in [2.45, 2.75) is 39.7 Å². The number of guanidine groups is 1. The van der Waals surface area contributed by atoms with Crippen LogP contribution in [0, 0.1) is 5.92 Å². The molecule has 0 saturated carbocycles. The number of halogens is 1. The summed E-state index contributed by atoms with van der Waals surface area (Å²) in [5.41, 5.74) is 1.27. The molecule has 0 spiro atoms. The molecule has 0 radical (unpaired) electrons. The highest BCUT2D eigenvalue weighted by Crippen LogP contribution is 2.11. The molecule has 1 atom stereocenters. The molecule has 5 nitrogen and oxygen atoms in total. The molecule has 2 N–H and O–H groups in total. The van der Waals surface area contributed by atoms with Crippen molar-refractivity contribution >= 4 is 29.9 Å². The minimum Gasteiger partial charge on any atom is -0.497 e. The minimum atomic E-state index is 0. The third kappa shape index (κ3) is 9.89. The molecule has 0 aromatic heterocycles. The number of rotatable bonds is 10. The lowest BCUT2D eigenvalue weighted by atomic mass is 10.0. The van der Waals surface area contributed by atoms with Gasteiger partial charge >= 0.3 is 0 Å². The first-order valence-electron chi connectivity index (χ1n) is 8.79. The van der Waals surface area contributed by atoms with Crippen LogP contribution in [-0.4, -0.2) is 45.9 Å². The van der Waals surface area contributed by atoms with E-state index in [1.54, 1.807) is 14.2 Å². The van der Waals surface area contributed by atoms with Crippen molar-refractivity contribution in [2.24, 2.45) is 10.9 Å². The molecule has 0 aliphatic carbocycles. The van der Waals surface area contributed by atoms with E-state index in [-0.39, 0.29) is 24.0 Å². The Labute approximate surface area is 170 Å². The fourth-order valence-electron chi connectivity index (χ4n) is 2.49. The quantitative estimate of drug-likeness (QED) is 0.317. The van der Waals surface area contributed by atoms with Crippen LogP contribution in [0.5, 0.6) is 5.75 Å². The Kier molecular flexibility index (Phi) is 13.6. The van der Waals surface area contributed by atoms with E-state index >= 15 is 0 Å². The Hall–Kier alpha value is -1.02. The Bertz CT molecular complexity index is 478. The molecule has 0 aliphatic heterocycles. The zero-order valence-corrected chi connectivity index (χ0v) is 18.5. The van der Waals surface area contributed by atoms with Gasteiger partial charge in [0.25, 0.3) is 0 Å². The van der Waals surface area contributed by atoms with Crippen LogP contribution in [-0.2, 0) is 11.2 Å². The Balaban J connectivity index is 0.00000576. The Morgan fingerprint density at radius 2 is 1.76 bits per heavy atom. The van der Waals surface area contributed by atoms with Gasteiger partial charge in [-0.1, -0.05) is 26.0 Å². The van der Waals surface area contributed by atoms with Crippen molar-refractivity contribution in [3.05, 3.63) is 29.8 Å². The highest BCUT2D eigenvalue weighted by atomic mass is 127. The third-order valence-electron chi connectivity index (χ3n) is 3.93. The molecular formula is C19H34IN3O2. The number of benzene rings is 1. The van der Waals surface area contributed by atoms with Crippen molar-refractivity contribution in [1.29, 1.82) is 0 Å². The molecule has 6 heteroatoms. The molecule has 0 fully saturated rings. The van der Waals surface area contributed by atoms with Crippen molar-refractivity contribution in [2.75, 3.05) is 33.9 Å². The highest BCUT2D eigenvalue weighted by molar-refractivity contribution is 14.0. The minimum absolute atomic E-state index is 0. The fourth-order valence-corrected chi connectivity index (χ4v) is 2.49. The fraction of sp³-hybridized carbons (Fsp3) is 0.632. The highest BCUT2D eigenvalue weighted by Gasteiger charge is 2.12. The number of nitrogens with one attached hydrogen (secondary N) is 2. The van der Waals surface area contributed by atoms with Crippen LogP contribution in [0.4, 0.5) is 0 Å². The lowest BCUT2D eigenvalue weighted by Crippen LogP contribution is -2.40. The molecule has 1 rings (SSSR count). The summed E-state index contributed by atoms with van der Waals surface area (Å²) in [7, 11) is 3.48. The van der Waals surface area contributed by atoms with Gasteiger partial charge < -0.3 is 20.1 Å². The van der Waals surface area contributed by atoms with Gasteiger partial charge in [0.15, 0.2) is 5.96 Å². The van der Waals surface area contributed by atoms with Crippen LogP contribution in [0.15, 0.2) is 29.3 Å². The van der Waals surface area contributed by atoms with Crippen LogP contribution >= 0.6 is 24.0 Å². The summed E-state index contributed by atoms with van der Waals surface area (Å²) in [4.78, 5) is 4.27. The molecule has 25 heavy (non-hydrogen) atoms. The monoisotopic (exact) mass is 463 g/mol. The van der Waals surface area contributed by atoms with E-state index in [0.29, 0.717) is 12.0 Å². The molecular weight excluding hydrogens is 429 g/mol. The van der Waals surface area contributed by atoms with Gasteiger partial charge in [0, 0.05) is 26.7 Å². The average Bonchev–Trinajstić information content (AvgIpc) is 2.59. The van der Waals surface area contributed by atoms with Gasteiger partial charge in [-0.2, -0.15) is 0 Å². The molecule has 144 valence electrons. The van der Waals surface area contributed by atoms with Crippen LogP contribution in [0.2, 0.25) is 0 Å². The number of ether oxygens (including phenoxy) is 2. The molecule has 0 amide bonds. The summed E-state index contributed by atoms with van der Waals surface area (Å²) >= 11 is 0. The Morgan fingerprint density at radius 1 is 1.12 bits per heavy atom. The van der Waals surface area contributed by atoms with Gasteiger partial charge in [0.2, 0.25) is 0 Å². The summed E-state index contributed by atoms with van der Waals surface area (Å²) in [6.45, 7) is 8.89. The summed E-state index contributed by atoms with van der Waals surface area (Å²) in [5, 5.41) is 6.70. The van der Waals surface area contributed by atoms with Gasteiger partial charge in [0.05, 0.1) is 13.2 Å². The van der Waals surface area contributed by atoms with Crippen molar-refractivity contribution < 1.29 is 9.47 Å². The normalized spacial score (nSPS) is 12.5. The predicted molar refractivity (Wildman–Crippen MR) is 116 cm³/mol. The predicted octanol–water partition coefficient (Wildman–Crippen LogP) is 3.47. The standard InChI is InChI=1S/C19H33N3O2.HI/c1-6-24-18(15(2)3)12-14-22-19(20-4)21-13-11-16-7-9-17(23-5)10-8-16;/h7-10,15,18H,6,11-14H2,1-5H3,(H2,20,21,22);1H. The zero-order valence-electron chi connectivity index (χ0n) is 16.2. The lowest BCUT2D eigenvalue weighted by molar-refractivity contribution is 0.0258. The number of hydrogen-bond donors (Lipinski definition) is 2. The maximum Gasteiger partial charge on any atom is 0.190 e. The van der Waals surface area contributed by atoms with Crippen LogP contribution in [0.3, 0.4) is 0 Å². The first-order valence-corrected chi connectivity index (χ1v) is 8.79. The van der Waals surface area contributed by atoms with E-state index in [2.05, 4.69) is 41.6 Å². The van der Waals surface area contributed by atoms with Crippen LogP contribution < -0.4 is 15.4 Å². The molecule has 0 bridgehead atoms. The van der Waals surface area contributed by atoms with Gasteiger partial charge in [-0.25, -0.2) is 0 Å². The molecule has 1 aromatic rings. The lowest BCUT2D eigenvalue weighted by Gasteiger charge is -2.21. The maximum absolute atomic E-state index is 5.77. The van der Waals surface area contributed by atoms with Crippen molar-refractivity contribution in [1.82, 2.24) is 10.6 Å². The van der Waals surface area contributed by atoms with Crippen molar-refractivity contribution in [3.63, 3.8) is 0 Å². The van der Waals surface area contributed by atoms with E-state index in [4.69, 9.17) is 9.47 Å². The largest absolute Gasteiger partial charge is 0.497 e. The van der Waals surface area contributed by atoms with E-state index in [1.165, 1.54) is 5.56 Å². The van der Waals surface area contributed by atoms with E-state index in [9.17, 15) is 0 Å². The molecule has 1 unspecified atom stereocenters. The number of nitrogens with zero attached hydrogens (tertiary/aromatic N) is 1. The summed E-state index contributed by atoms with van der Waals surface area (Å²) < 4.78 is 10.9. The second-order valence-electron chi connectivity index (χ2n) is 6.05. The average molecular weight is 463 g/mol. The Morgan fingerprint density at radius 3 is 2.28 bits per heavy atom. The third-order valence-corrected chi connectivity index (χ3v) is 3.93. The van der Waals surface area contributed by atoms with Gasteiger partial charge in [-0.3, -0.25) is 4.99 Å². The van der Waals surface area contributed by atoms with Crippen LogP contribution in [0.25, 0.3) is 0 Å². The maximum atomic E-state index is 5.77. The molecule has 1 aromatic carbocycles. The second-order valence-corrected chi connectivity index (χ2v) is 6.05. The van der Waals surface area contributed by atoms with E-state index < -0.39 is 0 Å². The first kappa shape index (κ1) is 24.0. The van der Waals surface area contributed by atoms with Gasteiger partial charge in [0.1, 0.15) is 5.75 Å².